The van der Waals surface area contributed by atoms with Crippen LogP contribution in [0.25, 0.3) is 0 Å². The van der Waals surface area contributed by atoms with Gasteiger partial charge in [-0.2, -0.15) is 0 Å². The minimum atomic E-state index is -0.866. The number of carboxylic acid groups (broad SMARTS) is 1. The van der Waals surface area contributed by atoms with Crippen molar-refractivity contribution in [1.82, 2.24) is 4.90 Å². The third-order valence-corrected chi connectivity index (χ3v) is 3.60. The standard InChI is InChI=1S/C14H18N2O4/c1-14(12(17)18)6-7-16(9-14)13(19)15-10-4-3-5-11(8-10)20-2/h3-5,8H,6-7,9H2,1-2H3,(H,15,19)(H,17,18). The van der Waals surface area contributed by atoms with Crippen LogP contribution in [0.1, 0.15) is 13.3 Å². The maximum atomic E-state index is 12.1. The Hall–Kier alpha value is -2.24. The zero-order valence-electron chi connectivity index (χ0n) is 11.5. The number of carboxylic acids is 1. The first kappa shape index (κ1) is 14.2. The van der Waals surface area contributed by atoms with Crippen molar-refractivity contribution < 1.29 is 19.4 Å². The second-order valence-corrected chi connectivity index (χ2v) is 5.20. The molecule has 1 aromatic carbocycles. The van der Waals surface area contributed by atoms with Crippen LogP contribution in [0.3, 0.4) is 0 Å². The highest BCUT2D eigenvalue weighted by molar-refractivity contribution is 5.90. The first-order valence-electron chi connectivity index (χ1n) is 6.38. The summed E-state index contributed by atoms with van der Waals surface area (Å²) >= 11 is 0. The van der Waals surface area contributed by atoms with E-state index in [1.54, 1.807) is 38.3 Å². The number of rotatable bonds is 3. The number of carbonyl (C=O) groups excluding carboxylic acids is 1. The molecule has 1 atom stereocenters. The molecule has 2 N–H and O–H groups in total. The Morgan fingerprint density at radius 1 is 1.45 bits per heavy atom. The van der Waals surface area contributed by atoms with Crippen LogP contribution in [0.4, 0.5) is 10.5 Å². The maximum absolute atomic E-state index is 12.1. The van der Waals surface area contributed by atoms with E-state index in [4.69, 9.17) is 9.84 Å². The SMILES string of the molecule is COc1cccc(NC(=O)N2CCC(C)(C(=O)O)C2)c1. The van der Waals surface area contributed by atoms with Crippen LogP contribution in [-0.4, -0.2) is 42.2 Å². The molecule has 2 amide bonds. The second-order valence-electron chi connectivity index (χ2n) is 5.20. The highest BCUT2D eigenvalue weighted by Gasteiger charge is 2.42. The lowest BCUT2D eigenvalue weighted by molar-refractivity contribution is -0.146. The summed E-state index contributed by atoms with van der Waals surface area (Å²) in [6.07, 6.45) is 0.466. The van der Waals surface area contributed by atoms with Gasteiger partial charge in [0.05, 0.1) is 12.5 Å². The summed E-state index contributed by atoms with van der Waals surface area (Å²) in [5.41, 5.74) is -0.232. The molecule has 0 bridgehead atoms. The number of benzene rings is 1. The fraction of sp³-hybridized carbons (Fsp3) is 0.429. The van der Waals surface area contributed by atoms with Gasteiger partial charge in [-0.05, 0) is 25.5 Å². The van der Waals surface area contributed by atoms with E-state index in [2.05, 4.69) is 5.32 Å². The topological polar surface area (TPSA) is 78.9 Å². The van der Waals surface area contributed by atoms with Gasteiger partial charge in [0, 0.05) is 24.8 Å². The van der Waals surface area contributed by atoms with Crippen molar-refractivity contribution in [3.63, 3.8) is 0 Å². The Bertz CT molecular complexity index is 532. The Kier molecular flexibility index (Phi) is 3.83. The molecule has 1 fully saturated rings. The van der Waals surface area contributed by atoms with Gasteiger partial charge in [0.25, 0.3) is 0 Å². The summed E-state index contributed by atoms with van der Waals surface area (Å²) in [5.74, 6) is -0.214. The molecule has 0 radical (unpaired) electrons. The number of methoxy groups -OCH3 is 1. The van der Waals surface area contributed by atoms with Crippen LogP contribution in [0, 0.1) is 5.41 Å². The molecule has 1 unspecified atom stereocenters. The van der Waals surface area contributed by atoms with E-state index < -0.39 is 11.4 Å². The van der Waals surface area contributed by atoms with Crippen LogP contribution in [0.5, 0.6) is 5.75 Å². The van der Waals surface area contributed by atoms with Crippen molar-refractivity contribution in [3.8, 4) is 5.75 Å². The quantitative estimate of drug-likeness (QED) is 0.886. The lowest BCUT2D eigenvalue weighted by atomic mass is 9.90. The van der Waals surface area contributed by atoms with Gasteiger partial charge in [0.1, 0.15) is 5.75 Å². The minimum absolute atomic E-state index is 0.220. The van der Waals surface area contributed by atoms with Gasteiger partial charge in [0.2, 0.25) is 0 Å². The number of likely N-dealkylation sites (tertiary alicyclic amines) is 1. The van der Waals surface area contributed by atoms with Crippen LogP contribution < -0.4 is 10.1 Å². The Labute approximate surface area is 117 Å². The van der Waals surface area contributed by atoms with E-state index in [9.17, 15) is 9.59 Å². The molecule has 0 spiro atoms. The normalized spacial score (nSPS) is 21.6. The Balaban J connectivity index is 2.01. The molecule has 0 saturated carbocycles. The molecule has 1 saturated heterocycles. The first-order chi connectivity index (χ1) is 9.44. The number of carbonyl (C=O) groups is 2. The molecule has 6 heteroatoms. The number of urea groups is 1. The molecule has 0 aliphatic carbocycles. The third-order valence-electron chi connectivity index (χ3n) is 3.60. The molecule has 1 heterocycles. The predicted octanol–water partition coefficient (Wildman–Crippen LogP) is 2.02. The summed E-state index contributed by atoms with van der Waals surface area (Å²) in [4.78, 5) is 24.8. The third kappa shape index (κ3) is 2.84. The molecule has 2 rings (SSSR count). The zero-order chi connectivity index (χ0) is 14.8. The second kappa shape index (κ2) is 5.40. The van der Waals surface area contributed by atoms with Gasteiger partial charge in [-0.1, -0.05) is 6.07 Å². The van der Waals surface area contributed by atoms with Crippen molar-refractivity contribution in [1.29, 1.82) is 0 Å². The molecule has 108 valence electrons. The molecule has 1 aliphatic heterocycles. The van der Waals surface area contributed by atoms with Gasteiger partial charge in [-0.25, -0.2) is 4.79 Å². The predicted molar refractivity (Wildman–Crippen MR) is 73.9 cm³/mol. The van der Waals surface area contributed by atoms with Crippen LogP contribution in [0.15, 0.2) is 24.3 Å². The first-order valence-corrected chi connectivity index (χ1v) is 6.38. The Morgan fingerprint density at radius 2 is 2.20 bits per heavy atom. The largest absolute Gasteiger partial charge is 0.497 e. The number of hydrogen-bond donors (Lipinski definition) is 2. The van der Waals surface area contributed by atoms with Crippen LogP contribution in [-0.2, 0) is 4.79 Å². The van der Waals surface area contributed by atoms with Crippen molar-refractivity contribution in [2.24, 2.45) is 5.41 Å². The summed E-state index contributed by atoms with van der Waals surface area (Å²) in [6, 6.07) is 6.74. The lowest BCUT2D eigenvalue weighted by Crippen LogP contribution is -2.37. The van der Waals surface area contributed by atoms with Crippen LogP contribution >= 0.6 is 0 Å². The van der Waals surface area contributed by atoms with Gasteiger partial charge in [-0.15, -0.1) is 0 Å². The molecular weight excluding hydrogens is 260 g/mol. The molecule has 20 heavy (non-hydrogen) atoms. The van der Waals surface area contributed by atoms with Crippen molar-refractivity contribution >= 4 is 17.7 Å². The zero-order valence-corrected chi connectivity index (χ0v) is 11.5. The highest BCUT2D eigenvalue weighted by atomic mass is 16.5. The summed E-state index contributed by atoms with van der Waals surface area (Å²) in [7, 11) is 1.56. The van der Waals surface area contributed by atoms with Crippen LogP contribution in [0.2, 0.25) is 0 Å². The smallest absolute Gasteiger partial charge is 0.321 e. The van der Waals surface area contributed by atoms with Gasteiger partial charge in [-0.3, -0.25) is 4.79 Å². The number of aliphatic carboxylic acids is 1. The monoisotopic (exact) mass is 278 g/mol. The van der Waals surface area contributed by atoms with E-state index >= 15 is 0 Å². The number of anilines is 1. The lowest BCUT2D eigenvalue weighted by Gasteiger charge is -2.20. The highest BCUT2D eigenvalue weighted by Crippen LogP contribution is 2.30. The number of nitrogens with zero attached hydrogens (tertiary/aromatic N) is 1. The molecular formula is C14H18N2O4. The molecule has 1 aromatic rings. The van der Waals surface area contributed by atoms with E-state index in [1.807, 2.05) is 0 Å². The molecule has 0 aromatic heterocycles. The number of amides is 2. The van der Waals surface area contributed by atoms with Gasteiger partial charge in [0.15, 0.2) is 0 Å². The van der Waals surface area contributed by atoms with Crippen molar-refractivity contribution in [2.45, 2.75) is 13.3 Å². The van der Waals surface area contributed by atoms with Crippen molar-refractivity contribution in [2.75, 3.05) is 25.5 Å². The summed E-state index contributed by atoms with van der Waals surface area (Å²) in [5, 5.41) is 11.9. The maximum Gasteiger partial charge on any atom is 0.321 e. The fourth-order valence-electron chi connectivity index (χ4n) is 2.21. The van der Waals surface area contributed by atoms with E-state index in [-0.39, 0.29) is 12.6 Å². The van der Waals surface area contributed by atoms with E-state index in [0.29, 0.717) is 24.4 Å². The van der Waals surface area contributed by atoms with E-state index in [0.717, 1.165) is 0 Å². The number of ether oxygens (including phenoxy) is 1. The average molecular weight is 278 g/mol. The number of nitrogens with one attached hydrogen (secondary N) is 1. The van der Waals surface area contributed by atoms with Crippen molar-refractivity contribution in [3.05, 3.63) is 24.3 Å². The fourth-order valence-corrected chi connectivity index (χ4v) is 2.21. The van der Waals surface area contributed by atoms with E-state index in [1.165, 1.54) is 4.90 Å². The number of hydrogen-bond acceptors (Lipinski definition) is 3. The molecule has 1 aliphatic rings. The average Bonchev–Trinajstić information content (AvgIpc) is 2.83. The molecule has 6 nitrogen and oxygen atoms in total. The van der Waals surface area contributed by atoms with Gasteiger partial charge < -0.3 is 20.1 Å². The Morgan fingerprint density at radius 3 is 2.80 bits per heavy atom. The van der Waals surface area contributed by atoms with Gasteiger partial charge >= 0.3 is 12.0 Å². The summed E-state index contributed by atoms with van der Waals surface area (Å²) < 4.78 is 5.08. The minimum Gasteiger partial charge on any atom is -0.497 e. The summed E-state index contributed by atoms with van der Waals surface area (Å²) in [6.45, 7) is 2.32.